The smallest absolute Gasteiger partial charge is 0.216 e. The quantitative estimate of drug-likeness (QED) is 0.811. The number of hydrogen-bond donors (Lipinski definition) is 1. The lowest BCUT2D eigenvalue weighted by Gasteiger charge is -2.11. The van der Waals surface area contributed by atoms with E-state index in [1.165, 1.54) is 0 Å². The van der Waals surface area contributed by atoms with E-state index in [2.05, 4.69) is 5.10 Å². The van der Waals surface area contributed by atoms with Gasteiger partial charge in [0, 0.05) is 18.2 Å². The average Bonchev–Trinajstić information content (AvgIpc) is 2.56. The normalized spacial score (nSPS) is 11.8. The van der Waals surface area contributed by atoms with Crippen molar-refractivity contribution < 1.29 is 5.11 Å². The van der Waals surface area contributed by atoms with E-state index in [1.54, 1.807) is 42.9 Å². The van der Waals surface area contributed by atoms with Crippen LogP contribution < -0.4 is 0 Å². The summed E-state index contributed by atoms with van der Waals surface area (Å²) >= 11 is 17.5. The zero-order valence-electron chi connectivity index (χ0n) is 9.78. The Morgan fingerprint density at radius 2 is 1.94 bits per heavy atom. The second-order valence-electron chi connectivity index (χ2n) is 3.98. The van der Waals surface area contributed by atoms with Gasteiger partial charge in [-0.2, -0.15) is 5.10 Å². The minimum atomic E-state index is -1.49. The van der Waals surface area contributed by atoms with Crippen LogP contribution in [-0.2, 0) is 10.8 Å². The molecule has 6 heteroatoms. The molecule has 1 aromatic heterocycles. The number of aryl methyl sites for hydroxylation is 1. The van der Waals surface area contributed by atoms with E-state index < -0.39 is 3.79 Å². The van der Waals surface area contributed by atoms with E-state index in [1.807, 2.05) is 0 Å². The molecular weight excluding hydrogens is 295 g/mol. The van der Waals surface area contributed by atoms with Gasteiger partial charge in [0.2, 0.25) is 3.79 Å². The molecule has 0 aliphatic heterocycles. The molecule has 1 aromatic carbocycles. The predicted molar refractivity (Wildman–Crippen MR) is 74.3 cm³/mol. The Bertz CT molecular complexity index is 587. The number of benzene rings is 1. The Balaban J connectivity index is 2.55. The third-order valence-corrected chi connectivity index (χ3v) is 3.42. The predicted octanol–water partition coefficient (Wildman–Crippen LogP) is 3.93. The van der Waals surface area contributed by atoms with Crippen LogP contribution in [0.2, 0.25) is 0 Å². The molecule has 0 spiro atoms. The number of halogens is 3. The lowest BCUT2D eigenvalue weighted by molar-refractivity contribution is 0.471. The summed E-state index contributed by atoms with van der Waals surface area (Å²) in [6.45, 7) is 1.78. The number of aromatic nitrogens is 2. The van der Waals surface area contributed by atoms with Gasteiger partial charge in [0.05, 0.1) is 5.69 Å². The molecule has 0 atom stereocenters. The van der Waals surface area contributed by atoms with Crippen molar-refractivity contribution in [2.45, 2.75) is 10.7 Å². The molecule has 0 amide bonds. The fourth-order valence-corrected chi connectivity index (χ4v) is 1.99. The maximum absolute atomic E-state index is 9.98. The summed E-state index contributed by atoms with van der Waals surface area (Å²) in [5, 5.41) is 14.2. The van der Waals surface area contributed by atoms with Crippen molar-refractivity contribution in [2.24, 2.45) is 7.05 Å². The van der Waals surface area contributed by atoms with Crippen LogP contribution in [0.5, 0.6) is 5.75 Å². The van der Waals surface area contributed by atoms with Crippen LogP contribution in [0.1, 0.15) is 11.3 Å². The zero-order valence-corrected chi connectivity index (χ0v) is 12.1. The topological polar surface area (TPSA) is 38.1 Å². The van der Waals surface area contributed by atoms with Crippen LogP contribution in [0.15, 0.2) is 24.3 Å². The van der Waals surface area contributed by atoms with Gasteiger partial charge in [-0.25, -0.2) is 0 Å². The average molecular weight is 306 g/mol. The molecule has 1 heterocycles. The Morgan fingerprint density at radius 1 is 1.28 bits per heavy atom. The van der Waals surface area contributed by atoms with Crippen molar-refractivity contribution in [3.05, 3.63) is 35.5 Å². The number of rotatable bonds is 1. The lowest BCUT2D eigenvalue weighted by atomic mass is 10.1. The van der Waals surface area contributed by atoms with E-state index in [0.29, 0.717) is 22.5 Å². The van der Waals surface area contributed by atoms with Gasteiger partial charge in [0.1, 0.15) is 5.69 Å². The van der Waals surface area contributed by atoms with E-state index in [-0.39, 0.29) is 5.75 Å². The summed E-state index contributed by atoms with van der Waals surface area (Å²) < 4.78 is 0.113. The third-order valence-electron chi connectivity index (χ3n) is 2.77. The molecule has 0 radical (unpaired) electrons. The molecular formula is C12H11Cl3N2O. The van der Waals surface area contributed by atoms with Gasteiger partial charge in [-0.3, -0.25) is 4.68 Å². The van der Waals surface area contributed by atoms with Crippen LogP contribution in [0.3, 0.4) is 0 Å². The Labute approximate surface area is 120 Å². The summed E-state index contributed by atoms with van der Waals surface area (Å²) in [6, 6.07) is 6.98. The molecule has 0 bridgehead atoms. The fourth-order valence-electron chi connectivity index (χ4n) is 1.63. The first-order valence-electron chi connectivity index (χ1n) is 5.21. The first-order valence-corrected chi connectivity index (χ1v) is 6.34. The molecule has 0 fully saturated rings. The van der Waals surface area contributed by atoms with Gasteiger partial charge in [0.25, 0.3) is 0 Å². The maximum Gasteiger partial charge on any atom is 0.216 e. The number of nitrogens with zero attached hydrogens (tertiary/aromatic N) is 2. The first-order chi connectivity index (χ1) is 8.30. The SMILES string of the molecule is Cc1c(O)c(-c2cccc(C(Cl)(Cl)Cl)c2)nn1C. The van der Waals surface area contributed by atoms with Crippen LogP contribution in [0.4, 0.5) is 0 Å². The number of aromatic hydroxyl groups is 1. The molecule has 0 aliphatic rings. The first kappa shape index (κ1) is 13.5. The molecule has 0 unspecified atom stereocenters. The molecule has 2 rings (SSSR count). The summed E-state index contributed by atoms with van der Waals surface area (Å²) in [5.41, 5.74) is 2.41. The fraction of sp³-hybridized carbons (Fsp3) is 0.250. The largest absolute Gasteiger partial charge is 0.504 e. The van der Waals surface area contributed by atoms with E-state index in [0.717, 1.165) is 0 Å². The van der Waals surface area contributed by atoms with E-state index >= 15 is 0 Å². The second kappa shape index (κ2) is 4.65. The molecule has 1 N–H and O–H groups in total. The summed E-state index contributed by atoms with van der Waals surface area (Å²) in [4.78, 5) is 0. The minimum Gasteiger partial charge on any atom is -0.504 e. The van der Waals surface area contributed by atoms with Gasteiger partial charge in [-0.05, 0) is 13.0 Å². The zero-order chi connectivity index (χ0) is 13.5. The monoisotopic (exact) mass is 304 g/mol. The molecule has 18 heavy (non-hydrogen) atoms. The summed E-state index contributed by atoms with van der Waals surface area (Å²) in [6.07, 6.45) is 0. The van der Waals surface area contributed by atoms with Crippen molar-refractivity contribution >= 4 is 34.8 Å². The van der Waals surface area contributed by atoms with Gasteiger partial charge < -0.3 is 5.11 Å². The Kier molecular flexibility index (Phi) is 3.49. The highest BCUT2D eigenvalue weighted by Gasteiger charge is 2.24. The molecule has 0 aliphatic carbocycles. The number of hydrogen-bond acceptors (Lipinski definition) is 2. The maximum atomic E-state index is 9.98. The lowest BCUT2D eigenvalue weighted by Crippen LogP contribution is -1.99. The van der Waals surface area contributed by atoms with Gasteiger partial charge in [-0.15, -0.1) is 0 Å². The minimum absolute atomic E-state index is 0.138. The molecule has 96 valence electrons. The summed E-state index contributed by atoms with van der Waals surface area (Å²) in [7, 11) is 1.76. The van der Waals surface area contributed by atoms with E-state index in [9.17, 15) is 5.11 Å². The number of alkyl halides is 3. The van der Waals surface area contributed by atoms with Crippen molar-refractivity contribution in [2.75, 3.05) is 0 Å². The third kappa shape index (κ3) is 2.44. The molecule has 0 saturated heterocycles. The molecule has 2 aromatic rings. The Morgan fingerprint density at radius 3 is 2.44 bits per heavy atom. The van der Waals surface area contributed by atoms with Crippen molar-refractivity contribution in [3.63, 3.8) is 0 Å². The van der Waals surface area contributed by atoms with E-state index in [4.69, 9.17) is 34.8 Å². The van der Waals surface area contributed by atoms with Crippen LogP contribution in [0.25, 0.3) is 11.3 Å². The van der Waals surface area contributed by atoms with Crippen molar-refractivity contribution in [1.29, 1.82) is 0 Å². The van der Waals surface area contributed by atoms with Gasteiger partial charge in [-0.1, -0.05) is 53.0 Å². The van der Waals surface area contributed by atoms with Crippen molar-refractivity contribution in [3.8, 4) is 17.0 Å². The Hall–Kier alpha value is -0.900. The van der Waals surface area contributed by atoms with Crippen LogP contribution >= 0.6 is 34.8 Å². The van der Waals surface area contributed by atoms with Gasteiger partial charge >= 0.3 is 0 Å². The summed E-state index contributed by atoms with van der Waals surface area (Å²) in [5.74, 6) is 0.138. The van der Waals surface area contributed by atoms with Crippen molar-refractivity contribution in [1.82, 2.24) is 9.78 Å². The molecule has 0 saturated carbocycles. The second-order valence-corrected chi connectivity index (χ2v) is 6.27. The van der Waals surface area contributed by atoms with Crippen LogP contribution in [-0.4, -0.2) is 14.9 Å². The highest BCUT2D eigenvalue weighted by Crippen LogP contribution is 2.40. The van der Waals surface area contributed by atoms with Gasteiger partial charge in [0.15, 0.2) is 5.75 Å². The molecule has 3 nitrogen and oxygen atoms in total. The highest BCUT2D eigenvalue weighted by molar-refractivity contribution is 6.66. The standard InChI is InChI=1S/C12H11Cl3N2O/c1-7-11(18)10(16-17(7)2)8-4-3-5-9(6-8)12(13,14)15/h3-6,18H,1-2H3. The van der Waals surface area contributed by atoms with Crippen LogP contribution in [0, 0.1) is 6.92 Å². The highest BCUT2D eigenvalue weighted by atomic mass is 35.6.